The van der Waals surface area contributed by atoms with Crippen molar-refractivity contribution in [3.05, 3.63) is 52.1 Å². The number of benzene rings is 2. The van der Waals surface area contributed by atoms with Crippen LogP contribution >= 0.6 is 0 Å². The first-order valence-electron chi connectivity index (χ1n) is 7.57. The Labute approximate surface area is 140 Å². The van der Waals surface area contributed by atoms with E-state index in [0.717, 1.165) is 11.3 Å². The second kappa shape index (κ2) is 8.16. The predicted molar refractivity (Wildman–Crippen MR) is 91.3 cm³/mol. The van der Waals surface area contributed by atoms with Crippen LogP contribution in [0, 0.1) is 17.0 Å². The van der Waals surface area contributed by atoms with Gasteiger partial charge in [-0.1, -0.05) is 0 Å². The molecule has 0 radical (unpaired) electrons. The number of hydrogen-bond donors (Lipinski definition) is 2. The lowest BCUT2D eigenvalue weighted by atomic mass is 10.2. The summed E-state index contributed by atoms with van der Waals surface area (Å²) in [6.07, 6.45) is 0. The molecule has 128 valence electrons. The first-order chi connectivity index (χ1) is 11.5. The third-order valence-corrected chi connectivity index (χ3v) is 3.27. The van der Waals surface area contributed by atoms with Gasteiger partial charge in [-0.2, -0.15) is 0 Å². The Morgan fingerprint density at radius 1 is 1.12 bits per heavy atom. The SMILES string of the molecule is CCOc1cc(Nc2ccc(OCCO)c(C)c2)ccc1[N+](=O)[O-]. The number of anilines is 2. The highest BCUT2D eigenvalue weighted by Gasteiger charge is 2.15. The van der Waals surface area contributed by atoms with Crippen molar-refractivity contribution in [2.24, 2.45) is 0 Å². The van der Waals surface area contributed by atoms with Gasteiger partial charge in [0.2, 0.25) is 0 Å². The Morgan fingerprint density at radius 2 is 1.83 bits per heavy atom. The molecule has 0 aliphatic heterocycles. The third-order valence-electron chi connectivity index (χ3n) is 3.27. The highest BCUT2D eigenvalue weighted by Crippen LogP contribution is 2.32. The molecule has 2 aromatic rings. The first kappa shape index (κ1) is 17.6. The summed E-state index contributed by atoms with van der Waals surface area (Å²) < 4.78 is 10.8. The van der Waals surface area contributed by atoms with Crippen molar-refractivity contribution in [2.75, 3.05) is 25.1 Å². The summed E-state index contributed by atoms with van der Waals surface area (Å²) in [5.41, 5.74) is 2.36. The molecule has 0 saturated heterocycles. The fraction of sp³-hybridized carbons (Fsp3) is 0.294. The Kier molecular flexibility index (Phi) is 5.97. The van der Waals surface area contributed by atoms with Gasteiger partial charge in [0, 0.05) is 23.5 Å². The minimum absolute atomic E-state index is 0.0392. The fourth-order valence-corrected chi connectivity index (χ4v) is 2.23. The summed E-state index contributed by atoms with van der Waals surface area (Å²) in [4.78, 5) is 10.5. The van der Waals surface area contributed by atoms with Gasteiger partial charge >= 0.3 is 5.69 Å². The molecule has 0 fully saturated rings. The van der Waals surface area contributed by atoms with E-state index in [1.54, 1.807) is 19.1 Å². The number of nitrogens with one attached hydrogen (secondary N) is 1. The van der Waals surface area contributed by atoms with Gasteiger partial charge in [0.25, 0.3) is 0 Å². The van der Waals surface area contributed by atoms with Crippen LogP contribution in [0.15, 0.2) is 36.4 Å². The predicted octanol–water partition coefficient (Wildman–Crippen LogP) is 3.42. The van der Waals surface area contributed by atoms with E-state index in [0.29, 0.717) is 18.0 Å². The minimum atomic E-state index is -0.466. The quantitative estimate of drug-likeness (QED) is 0.568. The number of rotatable bonds is 8. The summed E-state index contributed by atoms with van der Waals surface area (Å²) in [5, 5.41) is 23.0. The molecule has 7 nitrogen and oxygen atoms in total. The summed E-state index contributed by atoms with van der Waals surface area (Å²) in [7, 11) is 0. The number of aryl methyl sites for hydroxylation is 1. The van der Waals surface area contributed by atoms with E-state index in [1.165, 1.54) is 6.07 Å². The van der Waals surface area contributed by atoms with E-state index in [-0.39, 0.29) is 24.7 Å². The molecule has 2 aromatic carbocycles. The molecule has 2 N–H and O–H groups in total. The second-order valence-corrected chi connectivity index (χ2v) is 5.05. The van der Waals surface area contributed by atoms with Crippen LogP contribution in [0.25, 0.3) is 0 Å². The molecule has 0 amide bonds. The van der Waals surface area contributed by atoms with E-state index in [4.69, 9.17) is 14.6 Å². The molecule has 24 heavy (non-hydrogen) atoms. The van der Waals surface area contributed by atoms with Crippen LogP contribution in [0.5, 0.6) is 11.5 Å². The topological polar surface area (TPSA) is 93.9 Å². The van der Waals surface area contributed by atoms with E-state index < -0.39 is 4.92 Å². The number of nitrogens with zero attached hydrogens (tertiary/aromatic N) is 1. The van der Waals surface area contributed by atoms with Gasteiger partial charge < -0.3 is 19.9 Å². The van der Waals surface area contributed by atoms with Gasteiger partial charge in [-0.25, -0.2) is 0 Å². The maximum Gasteiger partial charge on any atom is 0.311 e. The maximum atomic E-state index is 11.0. The van der Waals surface area contributed by atoms with Gasteiger partial charge in [-0.05, 0) is 43.7 Å². The molecule has 0 spiro atoms. The molecule has 0 atom stereocenters. The standard InChI is InChI=1S/C17H20N2O5/c1-3-23-17-11-14(4-6-15(17)19(21)22)18-13-5-7-16(12(2)10-13)24-9-8-20/h4-7,10-11,18,20H,3,8-9H2,1-2H3. The second-order valence-electron chi connectivity index (χ2n) is 5.05. The van der Waals surface area contributed by atoms with Crippen molar-refractivity contribution in [1.82, 2.24) is 0 Å². The van der Waals surface area contributed by atoms with E-state index in [1.807, 2.05) is 25.1 Å². The van der Waals surface area contributed by atoms with Crippen LogP contribution in [0.1, 0.15) is 12.5 Å². The zero-order valence-electron chi connectivity index (χ0n) is 13.6. The molecule has 0 saturated carbocycles. The highest BCUT2D eigenvalue weighted by molar-refractivity contribution is 5.66. The lowest BCUT2D eigenvalue weighted by Gasteiger charge is -2.12. The number of nitro benzene ring substituents is 1. The Balaban J connectivity index is 2.20. The first-order valence-corrected chi connectivity index (χ1v) is 7.57. The Hall–Kier alpha value is -2.80. The van der Waals surface area contributed by atoms with Crippen molar-refractivity contribution in [2.45, 2.75) is 13.8 Å². The van der Waals surface area contributed by atoms with Crippen LogP contribution in [0.2, 0.25) is 0 Å². The number of aliphatic hydroxyl groups excluding tert-OH is 1. The molecule has 0 aliphatic rings. The average molecular weight is 332 g/mol. The Bertz CT molecular complexity index is 718. The smallest absolute Gasteiger partial charge is 0.311 e. The van der Waals surface area contributed by atoms with Gasteiger partial charge in [0.05, 0.1) is 18.1 Å². The van der Waals surface area contributed by atoms with E-state index in [2.05, 4.69) is 5.32 Å². The average Bonchev–Trinajstić information content (AvgIpc) is 2.54. The number of hydrogen-bond acceptors (Lipinski definition) is 6. The summed E-state index contributed by atoms with van der Waals surface area (Å²) in [6, 6.07) is 10.2. The molecule has 0 aromatic heterocycles. The van der Waals surface area contributed by atoms with Crippen LogP contribution in [-0.2, 0) is 0 Å². The van der Waals surface area contributed by atoms with E-state index >= 15 is 0 Å². The van der Waals surface area contributed by atoms with Crippen LogP contribution in [-0.4, -0.2) is 29.9 Å². The van der Waals surface area contributed by atoms with Crippen LogP contribution < -0.4 is 14.8 Å². The zero-order chi connectivity index (χ0) is 17.5. The summed E-state index contributed by atoms with van der Waals surface area (Å²) >= 11 is 0. The van der Waals surface area contributed by atoms with Crippen molar-refractivity contribution in [3.63, 3.8) is 0 Å². The van der Waals surface area contributed by atoms with Crippen molar-refractivity contribution in [3.8, 4) is 11.5 Å². The minimum Gasteiger partial charge on any atom is -0.491 e. The number of nitro groups is 1. The van der Waals surface area contributed by atoms with Gasteiger partial charge in [-0.3, -0.25) is 10.1 Å². The molecule has 2 rings (SSSR count). The Morgan fingerprint density at radius 3 is 2.46 bits per heavy atom. The lowest BCUT2D eigenvalue weighted by molar-refractivity contribution is -0.385. The zero-order valence-corrected chi connectivity index (χ0v) is 13.6. The molecule has 0 bridgehead atoms. The van der Waals surface area contributed by atoms with E-state index in [9.17, 15) is 10.1 Å². The van der Waals surface area contributed by atoms with Gasteiger partial charge in [0.15, 0.2) is 5.75 Å². The van der Waals surface area contributed by atoms with Crippen LogP contribution in [0.3, 0.4) is 0 Å². The molecule has 0 heterocycles. The fourth-order valence-electron chi connectivity index (χ4n) is 2.23. The number of aliphatic hydroxyl groups is 1. The van der Waals surface area contributed by atoms with Gasteiger partial charge in [-0.15, -0.1) is 0 Å². The van der Waals surface area contributed by atoms with Gasteiger partial charge in [0.1, 0.15) is 12.4 Å². The normalized spacial score (nSPS) is 10.3. The number of ether oxygens (including phenoxy) is 2. The monoisotopic (exact) mass is 332 g/mol. The van der Waals surface area contributed by atoms with Crippen LogP contribution in [0.4, 0.5) is 17.1 Å². The molecule has 0 unspecified atom stereocenters. The molecule has 7 heteroatoms. The summed E-state index contributed by atoms with van der Waals surface area (Å²) in [5.74, 6) is 0.931. The van der Waals surface area contributed by atoms with Crippen molar-refractivity contribution < 1.29 is 19.5 Å². The summed E-state index contributed by atoms with van der Waals surface area (Å²) in [6.45, 7) is 4.23. The highest BCUT2D eigenvalue weighted by atomic mass is 16.6. The molecule has 0 aliphatic carbocycles. The van der Waals surface area contributed by atoms with Crippen molar-refractivity contribution >= 4 is 17.1 Å². The maximum absolute atomic E-state index is 11.0. The molecular formula is C17H20N2O5. The lowest BCUT2D eigenvalue weighted by Crippen LogP contribution is -2.03. The largest absolute Gasteiger partial charge is 0.491 e. The van der Waals surface area contributed by atoms with Crippen molar-refractivity contribution in [1.29, 1.82) is 0 Å². The molecular weight excluding hydrogens is 312 g/mol. The third kappa shape index (κ3) is 4.36.